The number of hydrogen-bond donors (Lipinski definition) is 1. The highest BCUT2D eigenvalue weighted by molar-refractivity contribution is 7.89. The number of ether oxygens (including phenoxy) is 1. The summed E-state index contributed by atoms with van der Waals surface area (Å²) in [5.74, 6) is 0.701. The standard InChI is InChI=1S/C22H26N2O4S2/c1-13(2)24-18-8-7-15(11-20(18)29-21(24)25)30(26,27)23-17-12-22(4,5)28-19-9-6-14(3)10-16(17)19/h6-11,13,17,23H,12H2,1-5H3/t17-/m1/s1. The maximum Gasteiger partial charge on any atom is 0.308 e. The molecule has 1 aliphatic rings. The molecular weight excluding hydrogens is 420 g/mol. The highest BCUT2D eigenvalue weighted by atomic mass is 32.2. The average molecular weight is 447 g/mol. The van der Waals surface area contributed by atoms with Gasteiger partial charge in [0.05, 0.1) is 21.2 Å². The van der Waals surface area contributed by atoms with Crippen molar-refractivity contribution in [1.29, 1.82) is 0 Å². The summed E-state index contributed by atoms with van der Waals surface area (Å²) < 4.78 is 37.8. The van der Waals surface area contributed by atoms with E-state index in [1.165, 1.54) is 0 Å². The molecule has 0 amide bonds. The van der Waals surface area contributed by atoms with Crippen LogP contribution in [0.1, 0.15) is 57.3 Å². The third-order valence-electron chi connectivity index (χ3n) is 5.33. The summed E-state index contributed by atoms with van der Waals surface area (Å²) in [7, 11) is -3.79. The van der Waals surface area contributed by atoms with Gasteiger partial charge in [0.1, 0.15) is 11.4 Å². The Morgan fingerprint density at radius 1 is 1.20 bits per heavy atom. The number of thiazole rings is 1. The van der Waals surface area contributed by atoms with E-state index in [1.54, 1.807) is 22.8 Å². The number of hydrogen-bond acceptors (Lipinski definition) is 5. The smallest absolute Gasteiger partial charge is 0.308 e. The first-order valence-corrected chi connectivity index (χ1v) is 12.2. The number of benzene rings is 2. The zero-order valence-electron chi connectivity index (χ0n) is 17.7. The fourth-order valence-corrected chi connectivity index (χ4v) is 6.38. The van der Waals surface area contributed by atoms with Crippen molar-refractivity contribution in [2.24, 2.45) is 0 Å². The minimum atomic E-state index is -3.79. The average Bonchev–Trinajstić information content (AvgIpc) is 2.96. The molecule has 160 valence electrons. The van der Waals surface area contributed by atoms with E-state index in [4.69, 9.17) is 4.74 Å². The zero-order chi connectivity index (χ0) is 21.8. The lowest BCUT2D eigenvalue weighted by atomic mass is 9.89. The van der Waals surface area contributed by atoms with Crippen LogP contribution in [-0.4, -0.2) is 18.6 Å². The first-order chi connectivity index (χ1) is 14.0. The molecule has 0 spiro atoms. The van der Waals surface area contributed by atoms with Crippen LogP contribution in [0.25, 0.3) is 10.2 Å². The summed E-state index contributed by atoms with van der Waals surface area (Å²) in [6.45, 7) is 9.75. The summed E-state index contributed by atoms with van der Waals surface area (Å²) in [5.41, 5.74) is 2.15. The number of fused-ring (bicyclic) bond motifs is 2. The van der Waals surface area contributed by atoms with Crippen LogP contribution in [0.15, 0.2) is 46.1 Å². The van der Waals surface area contributed by atoms with Crippen molar-refractivity contribution in [3.63, 3.8) is 0 Å². The van der Waals surface area contributed by atoms with Crippen molar-refractivity contribution < 1.29 is 13.2 Å². The lowest BCUT2D eigenvalue weighted by Crippen LogP contribution is -2.41. The van der Waals surface area contributed by atoms with Crippen molar-refractivity contribution in [2.45, 2.75) is 63.6 Å². The Kier molecular flexibility index (Phi) is 5.07. The first-order valence-electron chi connectivity index (χ1n) is 9.94. The number of aromatic nitrogens is 1. The molecule has 0 unspecified atom stereocenters. The Morgan fingerprint density at radius 2 is 1.93 bits per heavy atom. The molecule has 0 saturated heterocycles. The third-order valence-corrected chi connectivity index (χ3v) is 7.72. The van der Waals surface area contributed by atoms with Crippen molar-refractivity contribution >= 4 is 31.6 Å². The van der Waals surface area contributed by atoms with Gasteiger partial charge >= 0.3 is 4.87 Å². The Balaban J connectivity index is 1.73. The fourth-order valence-electron chi connectivity index (χ4n) is 4.01. The van der Waals surface area contributed by atoms with Gasteiger partial charge in [0, 0.05) is 18.0 Å². The van der Waals surface area contributed by atoms with Crippen molar-refractivity contribution in [3.05, 3.63) is 57.2 Å². The summed E-state index contributed by atoms with van der Waals surface area (Å²) in [6.07, 6.45) is 0.516. The number of nitrogens with zero attached hydrogens (tertiary/aromatic N) is 1. The van der Waals surface area contributed by atoms with E-state index in [2.05, 4.69) is 4.72 Å². The van der Waals surface area contributed by atoms with Gasteiger partial charge in [-0.05, 0) is 58.9 Å². The summed E-state index contributed by atoms with van der Waals surface area (Å²) >= 11 is 1.07. The van der Waals surface area contributed by atoms with E-state index in [-0.39, 0.29) is 15.8 Å². The molecule has 0 radical (unpaired) electrons. The molecule has 30 heavy (non-hydrogen) atoms. The quantitative estimate of drug-likeness (QED) is 0.639. The summed E-state index contributed by atoms with van der Waals surface area (Å²) in [4.78, 5) is 12.4. The second-order valence-corrected chi connectivity index (χ2v) is 11.4. The van der Waals surface area contributed by atoms with Crippen LogP contribution >= 0.6 is 11.3 Å². The van der Waals surface area contributed by atoms with Crippen LogP contribution in [0, 0.1) is 6.92 Å². The van der Waals surface area contributed by atoms with Crippen LogP contribution in [0.5, 0.6) is 5.75 Å². The zero-order valence-corrected chi connectivity index (χ0v) is 19.4. The van der Waals surface area contributed by atoms with E-state index in [9.17, 15) is 13.2 Å². The number of sulfonamides is 1. The van der Waals surface area contributed by atoms with Gasteiger partial charge in [0.25, 0.3) is 0 Å². The lowest BCUT2D eigenvalue weighted by molar-refractivity contribution is 0.0701. The summed E-state index contributed by atoms with van der Waals surface area (Å²) in [5, 5.41) is 0. The van der Waals surface area contributed by atoms with Crippen molar-refractivity contribution in [2.75, 3.05) is 0 Å². The Bertz CT molecular complexity index is 1290. The Morgan fingerprint density at radius 3 is 2.63 bits per heavy atom. The number of nitrogens with one attached hydrogen (secondary N) is 1. The van der Waals surface area contributed by atoms with E-state index < -0.39 is 21.7 Å². The molecule has 4 rings (SSSR count). The van der Waals surface area contributed by atoms with Crippen molar-refractivity contribution in [1.82, 2.24) is 9.29 Å². The predicted octanol–water partition coefficient (Wildman–Crippen LogP) is 4.53. The third kappa shape index (κ3) is 3.79. The van der Waals surface area contributed by atoms with Gasteiger partial charge < -0.3 is 4.74 Å². The highest BCUT2D eigenvalue weighted by Gasteiger charge is 2.36. The second-order valence-electron chi connectivity index (χ2n) is 8.74. The molecule has 2 heterocycles. The van der Waals surface area contributed by atoms with Gasteiger partial charge in [-0.3, -0.25) is 9.36 Å². The van der Waals surface area contributed by atoms with Gasteiger partial charge in [-0.2, -0.15) is 0 Å². The van der Waals surface area contributed by atoms with E-state index in [1.807, 2.05) is 52.8 Å². The maximum absolute atomic E-state index is 13.2. The number of rotatable bonds is 4. The van der Waals surface area contributed by atoms with E-state index >= 15 is 0 Å². The molecule has 3 aromatic rings. The number of aryl methyl sites for hydroxylation is 1. The first kappa shape index (κ1) is 21.1. The predicted molar refractivity (Wildman–Crippen MR) is 120 cm³/mol. The Labute approximate surface area is 180 Å². The minimum Gasteiger partial charge on any atom is -0.487 e. The van der Waals surface area contributed by atoms with Gasteiger partial charge in [-0.25, -0.2) is 13.1 Å². The van der Waals surface area contributed by atoms with E-state index in [0.29, 0.717) is 16.9 Å². The molecule has 8 heteroatoms. The molecular formula is C22H26N2O4S2. The fraction of sp³-hybridized carbons (Fsp3) is 0.409. The highest BCUT2D eigenvalue weighted by Crippen LogP contribution is 2.40. The second kappa shape index (κ2) is 7.21. The van der Waals surface area contributed by atoms with Crippen LogP contribution in [0.3, 0.4) is 0 Å². The van der Waals surface area contributed by atoms with Gasteiger partial charge in [0.15, 0.2) is 0 Å². The lowest BCUT2D eigenvalue weighted by Gasteiger charge is -2.38. The Hall–Kier alpha value is -2.16. The molecule has 1 aromatic heterocycles. The molecule has 0 aliphatic carbocycles. The van der Waals surface area contributed by atoms with Gasteiger partial charge in [-0.1, -0.05) is 29.0 Å². The topological polar surface area (TPSA) is 77.4 Å². The van der Waals surface area contributed by atoms with Crippen LogP contribution < -0.4 is 14.3 Å². The molecule has 1 atom stereocenters. The SMILES string of the molecule is Cc1ccc2c(c1)[C@H](NS(=O)(=O)c1ccc3c(c1)sc(=O)n3C(C)C)CC(C)(C)O2. The monoisotopic (exact) mass is 446 g/mol. The normalized spacial score (nSPS) is 18.4. The summed E-state index contributed by atoms with van der Waals surface area (Å²) in [6, 6.07) is 10.3. The van der Waals surface area contributed by atoms with Crippen molar-refractivity contribution in [3.8, 4) is 5.75 Å². The minimum absolute atomic E-state index is 0.0102. The molecule has 1 aliphatic heterocycles. The van der Waals surface area contributed by atoms with Crippen LogP contribution in [0.2, 0.25) is 0 Å². The van der Waals surface area contributed by atoms with Crippen LogP contribution in [0.4, 0.5) is 0 Å². The largest absolute Gasteiger partial charge is 0.487 e. The van der Waals surface area contributed by atoms with Gasteiger partial charge in [0.2, 0.25) is 10.0 Å². The molecule has 1 N–H and O–H groups in total. The van der Waals surface area contributed by atoms with E-state index in [0.717, 1.165) is 28.0 Å². The molecule has 0 bridgehead atoms. The van der Waals surface area contributed by atoms with Gasteiger partial charge in [-0.15, -0.1) is 0 Å². The van der Waals surface area contributed by atoms with Crippen LogP contribution in [-0.2, 0) is 10.0 Å². The molecule has 0 saturated carbocycles. The molecule has 0 fully saturated rings. The molecule has 2 aromatic carbocycles. The molecule has 6 nitrogen and oxygen atoms in total. The maximum atomic E-state index is 13.2.